The van der Waals surface area contributed by atoms with Gasteiger partial charge in [0.05, 0.1) is 11.4 Å². The Morgan fingerprint density at radius 3 is 2.69 bits per heavy atom. The first-order valence-corrected chi connectivity index (χ1v) is 7.36. The third-order valence-electron chi connectivity index (χ3n) is 2.58. The first kappa shape index (κ1) is 11.7. The van der Waals surface area contributed by atoms with Gasteiger partial charge in [0.2, 0.25) is 10.0 Å². The molecule has 2 N–H and O–H groups in total. The topological polar surface area (TPSA) is 63.4 Å². The molecule has 0 aliphatic carbocycles. The van der Waals surface area contributed by atoms with Crippen molar-refractivity contribution < 1.29 is 8.42 Å². The molecule has 2 rings (SSSR count). The Labute approximate surface area is 104 Å². The maximum Gasteiger partial charge on any atom is 0.235 e. The molecule has 1 aromatic rings. The average molecular weight is 305 g/mol. The van der Waals surface area contributed by atoms with E-state index in [4.69, 9.17) is 5.73 Å². The van der Waals surface area contributed by atoms with Crippen molar-refractivity contribution in [3.8, 4) is 0 Å². The highest BCUT2D eigenvalue weighted by molar-refractivity contribution is 9.10. The first-order valence-electron chi connectivity index (χ1n) is 4.95. The lowest BCUT2D eigenvalue weighted by atomic mass is 10.2. The normalized spacial score (nSPS) is 23.6. The highest BCUT2D eigenvalue weighted by Crippen LogP contribution is 2.31. The van der Waals surface area contributed by atoms with Crippen LogP contribution in [0.4, 0.5) is 11.4 Å². The van der Waals surface area contributed by atoms with E-state index in [1.54, 1.807) is 18.2 Å². The zero-order valence-electron chi connectivity index (χ0n) is 8.85. The number of anilines is 2. The summed E-state index contributed by atoms with van der Waals surface area (Å²) in [7, 11) is -3.16. The largest absolute Gasteiger partial charge is 0.398 e. The monoisotopic (exact) mass is 304 g/mol. The average Bonchev–Trinajstić information content (AvgIpc) is 2.44. The Morgan fingerprint density at radius 1 is 1.50 bits per heavy atom. The number of rotatable bonds is 1. The molecule has 1 aliphatic heterocycles. The van der Waals surface area contributed by atoms with Gasteiger partial charge in [-0.2, -0.15) is 0 Å². The second-order valence-electron chi connectivity index (χ2n) is 4.12. The highest BCUT2D eigenvalue weighted by Gasteiger charge is 2.33. The third-order valence-corrected chi connectivity index (χ3v) is 5.32. The maximum atomic E-state index is 11.8. The maximum absolute atomic E-state index is 11.8. The lowest BCUT2D eigenvalue weighted by molar-refractivity contribution is 0.598. The molecule has 1 unspecified atom stereocenters. The fourth-order valence-electron chi connectivity index (χ4n) is 1.85. The van der Waals surface area contributed by atoms with Gasteiger partial charge in [0.25, 0.3) is 0 Å². The summed E-state index contributed by atoms with van der Waals surface area (Å²) < 4.78 is 25.9. The number of nitrogen functional groups attached to an aromatic ring is 1. The van der Waals surface area contributed by atoms with Gasteiger partial charge in [0, 0.05) is 16.7 Å². The van der Waals surface area contributed by atoms with Gasteiger partial charge in [-0.3, -0.25) is 4.31 Å². The SMILES string of the molecule is CC1CN(c2ccc(Br)c(N)c2)S(=O)(=O)C1. The van der Waals surface area contributed by atoms with E-state index < -0.39 is 10.0 Å². The molecule has 88 valence electrons. The van der Waals surface area contributed by atoms with Crippen LogP contribution in [0.25, 0.3) is 0 Å². The molecule has 0 bridgehead atoms. The molecule has 1 aliphatic rings. The van der Waals surface area contributed by atoms with Gasteiger partial charge in [-0.05, 0) is 40.0 Å². The number of benzene rings is 1. The molecular weight excluding hydrogens is 292 g/mol. The van der Waals surface area contributed by atoms with Crippen molar-refractivity contribution in [1.82, 2.24) is 0 Å². The predicted octanol–water partition coefficient (Wildman–Crippen LogP) is 1.82. The molecule has 4 nitrogen and oxygen atoms in total. The van der Waals surface area contributed by atoms with Gasteiger partial charge >= 0.3 is 0 Å². The highest BCUT2D eigenvalue weighted by atomic mass is 79.9. The summed E-state index contributed by atoms with van der Waals surface area (Å²) in [6.07, 6.45) is 0. The van der Waals surface area contributed by atoms with Crippen LogP contribution in [-0.4, -0.2) is 20.7 Å². The lowest BCUT2D eigenvalue weighted by Gasteiger charge is -2.17. The molecular formula is C10H13BrN2O2S. The zero-order chi connectivity index (χ0) is 11.9. The minimum Gasteiger partial charge on any atom is -0.398 e. The van der Waals surface area contributed by atoms with Crippen molar-refractivity contribution in [2.75, 3.05) is 22.3 Å². The molecule has 6 heteroatoms. The van der Waals surface area contributed by atoms with Crippen LogP contribution in [0, 0.1) is 5.92 Å². The standard InChI is InChI=1S/C10H13BrN2O2S/c1-7-5-13(16(14,15)6-7)8-2-3-9(11)10(12)4-8/h2-4,7H,5-6,12H2,1H3. The Hall–Kier alpha value is -0.750. The number of nitrogens with two attached hydrogens (primary N) is 1. The Morgan fingerprint density at radius 2 is 2.19 bits per heavy atom. The van der Waals surface area contributed by atoms with Crippen molar-refractivity contribution in [3.63, 3.8) is 0 Å². The molecule has 1 heterocycles. The van der Waals surface area contributed by atoms with E-state index in [1.807, 2.05) is 6.92 Å². The third kappa shape index (κ3) is 2.04. The fourth-order valence-corrected chi connectivity index (χ4v) is 4.02. The van der Waals surface area contributed by atoms with E-state index in [0.29, 0.717) is 17.9 Å². The van der Waals surface area contributed by atoms with Crippen molar-refractivity contribution in [3.05, 3.63) is 22.7 Å². The van der Waals surface area contributed by atoms with Crippen LogP contribution in [0.15, 0.2) is 22.7 Å². The first-order chi connectivity index (χ1) is 7.40. The van der Waals surface area contributed by atoms with Gasteiger partial charge in [0.15, 0.2) is 0 Å². The summed E-state index contributed by atoms with van der Waals surface area (Å²) >= 11 is 3.29. The van der Waals surface area contributed by atoms with Crippen molar-refractivity contribution in [2.24, 2.45) is 5.92 Å². The van der Waals surface area contributed by atoms with Gasteiger partial charge < -0.3 is 5.73 Å². The van der Waals surface area contributed by atoms with E-state index in [1.165, 1.54) is 4.31 Å². The van der Waals surface area contributed by atoms with E-state index in [-0.39, 0.29) is 11.7 Å². The summed E-state index contributed by atoms with van der Waals surface area (Å²) in [5.41, 5.74) is 6.94. The molecule has 1 fully saturated rings. The summed E-state index contributed by atoms with van der Waals surface area (Å²) in [6.45, 7) is 2.46. The molecule has 0 spiro atoms. The van der Waals surface area contributed by atoms with Crippen LogP contribution in [-0.2, 0) is 10.0 Å². The van der Waals surface area contributed by atoms with Crippen LogP contribution in [0.2, 0.25) is 0 Å². The minimum atomic E-state index is -3.16. The molecule has 1 atom stereocenters. The van der Waals surface area contributed by atoms with Gasteiger partial charge in [-0.1, -0.05) is 6.92 Å². The molecule has 0 amide bonds. The number of sulfonamides is 1. The van der Waals surface area contributed by atoms with E-state index >= 15 is 0 Å². The Kier molecular flexibility index (Phi) is 2.88. The quantitative estimate of drug-likeness (QED) is 0.805. The molecule has 16 heavy (non-hydrogen) atoms. The molecule has 0 aromatic heterocycles. The van der Waals surface area contributed by atoms with Crippen LogP contribution < -0.4 is 10.0 Å². The second kappa shape index (κ2) is 3.92. The second-order valence-corrected chi connectivity index (χ2v) is 6.91. The smallest absolute Gasteiger partial charge is 0.235 e. The zero-order valence-corrected chi connectivity index (χ0v) is 11.3. The van der Waals surface area contributed by atoms with Crippen LogP contribution in [0.5, 0.6) is 0 Å². The summed E-state index contributed by atoms with van der Waals surface area (Å²) in [5.74, 6) is 0.373. The van der Waals surface area contributed by atoms with E-state index in [2.05, 4.69) is 15.9 Å². The van der Waals surface area contributed by atoms with Crippen LogP contribution in [0.3, 0.4) is 0 Å². The summed E-state index contributed by atoms with van der Waals surface area (Å²) in [5, 5.41) is 0. The predicted molar refractivity (Wildman–Crippen MR) is 68.9 cm³/mol. The molecule has 0 radical (unpaired) electrons. The number of nitrogens with zero attached hydrogens (tertiary/aromatic N) is 1. The number of hydrogen-bond acceptors (Lipinski definition) is 3. The van der Waals surface area contributed by atoms with E-state index in [9.17, 15) is 8.42 Å². The van der Waals surface area contributed by atoms with Crippen molar-refractivity contribution in [1.29, 1.82) is 0 Å². The van der Waals surface area contributed by atoms with Crippen LogP contribution >= 0.6 is 15.9 Å². The Bertz CT molecular complexity index is 516. The minimum absolute atomic E-state index is 0.162. The Balaban J connectivity index is 2.42. The summed E-state index contributed by atoms with van der Waals surface area (Å²) in [6, 6.07) is 5.21. The molecule has 0 saturated carbocycles. The van der Waals surface area contributed by atoms with E-state index in [0.717, 1.165) is 4.47 Å². The number of halogens is 1. The van der Waals surface area contributed by atoms with Crippen LogP contribution in [0.1, 0.15) is 6.92 Å². The molecule has 1 saturated heterocycles. The summed E-state index contributed by atoms with van der Waals surface area (Å²) in [4.78, 5) is 0. The van der Waals surface area contributed by atoms with Gasteiger partial charge in [0.1, 0.15) is 0 Å². The number of hydrogen-bond donors (Lipinski definition) is 1. The van der Waals surface area contributed by atoms with Gasteiger partial charge in [-0.15, -0.1) is 0 Å². The lowest BCUT2D eigenvalue weighted by Crippen LogP contribution is -2.25. The molecule has 1 aromatic carbocycles. The van der Waals surface area contributed by atoms with Crippen molar-refractivity contribution >= 4 is 37.3 Å². The van der Waals surface area contributed by atoms with Crippen molar-refractivity contribution in [2.45, 2.75) is 6.92 Å². The fraction of sp³-hybridized carbons (Fsp3) is 0.400. The van der Waals surface area contributed by atoms with Gasteiger partial charge in [-0.25, -0.2) is 8.42 Å².